The number of piperazine rings is 1. The largest absolute Gasteiger partial charge is 0.354 e. The number of carbonyl (C=O) groups excluding carboxylic acids is 2. The number of amides is 2. The second kappa shape index (κ2) is 10.7. The predicted molar refractivity (Wildman–Crippen MR) is 136 cm³/mol. The van der Waals surface area contributed by atoms with Crippen LogP contribution in [0.15, 0.2) is 41.5 Å². The first kappa shape index (κ1) is 23.7. The molecule has 0 unspecified atom stereocenters. The van der Waals surface area contributed by atoms with Crippen LogP contribution in [-0.4, -0.2) is 63.9 Å². The van der Waals surface area contributed by atoms with Crippen molar-refractivity contribution in [3.05, 3.63) is 63.0 Å². The van der Waals surface area contributed by atoms with Crippen molar-refractivity contribution in [2.75, 3.05) is 32.7 Å². The molecule has 0 saturated carbocycles. The molecule has 1 aromatic carbocycles. The van der Waals surface area contributed by atoms with E-state index in [2.05, 4.69) is 27.3 Å². The molecule has 1 saturated heterocycles. The fourth-order valence-electron chi connectivity index (χ4n) is 4.97. The van der Waals surface area contributed by atoms with Crippen LogP contribution in [0.25, 0.3) is 10.2 Å². The van der Waals surface area contributed by atoms with Gasteiger partial charge in [0.05, 0.1) is 11.7 Å². The highest BCUT2D eigenvalue weighted by molar-refractivity contribution is 7.18. The SMILES string of the molecule is O=C(Cn1cnc2sc3c(c2c1=O)CCCC3)NCCC(=O)N1CCN(Cc2ccccc2)CC1. The van der Waals surface area contributed by atoms with Crippen LogP contribution in [-0.2, 0) is 35.5 Å². The molecule has 2 aromatic heterocycles. The van der Waals surface area contributed by atoms with E-state index >= 15 is 0 Å². The van der Waals surface area contributed by atoms with Gasteiger partial charge in [-0.2, -0.15) is 0 Å². The molecule has 0 atom stereocenters. The second-order valence-electron chi connectivity index (χ2n) is 9.31. The highest BCUT2D eigenvalue weighted by Gasteiger charge is 2.22. The Balaban J connectivity index is 1.08. The minimum atomic E-state index is -0.280. The van der Waals surface area contributed by atoms with Crippen LogP contribution in [0.1, 0.15) is 35.3 Å². The van der Waals surface area contributed by atoms with Crippen molar-refractivity contribution < 1.29 is 9.59 Å². The van der Waals surface area contributed by atoms with E-state index in [1.165, 1.54) is 21.3 Å². The summed E-state index contributed by atoms with van der Waals surface area (Å²) in [4.78, 5) is 48.8. The molecule has 0 radical (unpaired) electrons. The minimum Gasteiger partial charge on any atom is -0.354 e. The van der Waals surface area contributed by atoms with Gasteiger partial charge in [0, 0.05) is 50.6 Å². The molecule has 2 aliphatic rings. The molecular weight excluding hydrogens is 462 g/mol. The van der Waals surface area contributed by atoms with E-state index in [1.807, 2.05) is 23.1 Å². The Morgan fingerprint density at radius 2 is 1.80 bits per heavy atom. The smallest absolute Gasteiger partial charge is 0.262 e. The van der Waals surface area contributed by atoms with Gasteiger partial charge < -0.3 is 10.2 Å². The van der Waals surface area contributed by atoms with Crippen molar-refractivity contribution in [2.45, 2.75) is 45.2 Å². The summed E-state index contributed by atoms with van der Waals surface area (Å²) in [5.41, 5.74) is 2.26. The zero-order valence-electron chi connectivity index (χ0n) is 19.9. The van der Waals surface area contributed by atoms with Gasteiger partial charge in [0.1, 0.15) is 11.4 Å². The van der Waals surface area contributed by atoms with Gasteiger partial charge in [-0.15, -0.1) is 11.3 Å². The first-order chi connectivity index (χ1) is 17.1. The molecule has 184 valence electrons. The fraction of sp³-hybridized carbons (Fsp3) is 0.462. The number of carbonyl (C=O) groups is 2. The molecular formula is C26H31N5O3S. The number of benzene rings is 1. The van der Waals surface area contributed by atoms with Crippen LogP contribution < -0.4 is 10.9 Å². The highest BCUT2D eigenvalue weighted by atomic mass is 32.1. The van der Waals surface area contributed by atoms with E-state index in [-0.39, 0.29) is 36.9 Å². The van der Waals surface area contributed by atoms with Crippen LogP contribution in [0, 0.1) is 0 Å². The normalized spacial score (nSPS) is 16.3. The molecule has 0 bridgehead atoms. The second-order valence-corrected chi connectivity index (χ2v) is 10.4. The summed E-state index contributed by atoms with van der Waals surface area (Å²) in [6.45, 7) is 4.17. The molecule has 9 heteroatoms. The zero-order valence-corrected chi connectivity index (χ0v) is 20.7. The van der Waals surface area contributed by atoms with Crippen molar-refractivity contribution in [1.29, 1.82) is 0 Å². The number of aryl methyl sites for hydroxylation is 2. The first-order valence-electron chi connectivity index (χ1n) is 12.4. The van der Waals surface area contributed by atoms with Gasteiger partial charge in [0.15, 0.2) is 0 Å². The van der Waals surface area contributed by atoms with Crippen LogP contribution in [0.2, 0.25) is 0 Å². The van der Waals surface area contributed by atoms with Gasteiger partial charge >= 0.3 is 0 Å². The monoisotopic (exact) mass is 493 g/mol. The zero-order chi connectivity index (χ0) is 24.2. The number of thiophene rings is 1. The number of hydrogen-bond donors (Lipinski definition) is 1. The molecule has 35 heavy (non-hydrogen) atoms. The van der Waals surface area contributed by atoms with Crippen molar-refractivity contribution in [2.24, 2.45) is 0 Å². The van der Waals surface area contributed by atoms with Gasteiger partial charge in [-0.3, -0.25) is 23.9 Å². The van der Waals surface area contributed by atoms with Crippen LogP contribution in [0.5, 0.6) is 0 Å². The van der Waals surface area contributed by atoms with Gasteiger partial charge in [0.25, 0.3) is 5.56 Å². The molecule has 5 rings (SSSR count). The summed E-state index contributed by atoms with van der Waals surface area (Å²) in [5, 5.41) is 3.47. The third-order valence-electron chi connectivity index (χ3n) is 6.89. The Morgan fingerprint density at radius 3 is 2.60 bits per heavy atom. The molecule has 1 aliphatic carbocycles. The van der Waals surface area contributed by atoms with E-state index < -0.39 is 0 Å². The third-order valence-corrected chi connectivity index (χ3v) is 8.09. The van der Waals surface area contributed by atoms with Crippen LogP contribution in [0.4, 0.5) is 0 Å². The Bertz CT molecular complexity index is 1260. The predicted octanol–water partition coefficient (Wildman–Crippen LogP) is 2.19. The average molecular weight is 494 g/mol. The van der Waals surface area contributed by atoms with Crippen molar-refractivity contribution in [3.63, 3.8) is 0 Å². The molecule has 2 amide bonds. The van der Waals surface area contributed by atoms with E-state index in [1.54, 1.807) is 11.3 Å². The van der Waals surface area contributed by atoms with Gasteiger partial charge in [0.2, 0.25) is 11.8 Å². The molecule has 1 fully saturated rings. The Kier molecular flexibility index (Phi) is 7.24. The fourth-order valence-corrected chi connectivity index (χ4v) is 6.19. The third kappa shape index (κ3) is 5.46. The Labute approximate surface area is 208 Å². The van der Waals surface area contributed by atoms with Gasteiger partial charge in [-0.25, -0.2) is 4.98 Å². The average Bonchev–Trinajstić information content (AvgIpc) is 3.26. The molecule has 1 aliphatic heterocycles. The lowest BCUT2D eigenvalue weighted by atomic mass is 9.97. The summed E-state index contributed by atoms with van der Waals surface area (Å²) in [7, 11) is 0. The quantitative estimate of drug-likeness (QED) is 0.545. The first-order valence-corrected chi connectivity index (χ1v) is 13.2. The Morgan fingerprint density at radius 1 is 1.03 bits per heavy atom. The number of nitrogens with zero attached hydrogens (tertiary/aromatic N) is 4. The van der Waals surface area contributed by atoms with E-state index in [0.717, 1.165) is 55.7 Å². The van der Waals surface area contributed by atoms with Gasteiger partial charge in [-0.05, 0) is 36.8 Å². The number of hydrogen-bond acceptors (Lipinski definition) is 6. The Hall–Kier alpha value is -3.04. The standard InChI is InChI=1S/C26H31N5O3S/c32-22(17-31-18-28-25-24(26(31)34)20-8-4-5-9-21(20)35-25)27-11-10-23(33)30-14-12-29(13-15-30)16-19-6-2-1-3-7-19/h1-3,6-7,18H,4-5,8-17H2,(H,27,32). The molecule has 8 nitrogen and oxygen atoms in total. The number of rotatable bonds is 7. The number of fused-ring (bicyclic) bond motifs is 3. The lowest BCUT2D eigenvalue weighted by molar-refractivity contribution is -0.133. The van der Waals surface area contributed by atoms with Crippen LogP contribution >= 0.6 is 11.3 Å². The summed E-state index contributed by atoms with van der Waals surface area (Å²) in [6.07, 6.45) is 5.88. The van der Waals surface area contributed by atoms with Crippen molar-refractivity contribution >= 4 is 33.4 Å². The number of nitrogens with one attached hydrogen (secondary N) is 1. The van der Waals surface area contributed by atoms with E-state index in [9.17, 15) is 14.4 Å². The van der Waals surface area contributed by atoms with Crippen molar-refractivity contribution in [1.82, 2.24) is 24.7 Å². The summed E-state index contributed by atoms with van der Waals surface area (Å²) < 4.78 is 1.38. The summed E-state index contributed by atoms with van der Waals surface area (Å²) >= 11 is 1.60. The van der Waals surface area contributed by atoms with Crippen molar-refractivity contribution in [3.8, 4) is 0 Å². The maximum absolute atomic E-state index is 13.0. The van der Waals surface area contributed by atoms with Crippen LogP contribution in [0.3, 0.4) is 0 Å². The topological polar surface area (TPSA) is 87.5 Å². The molecule has 3 aromatic rings. The molecule has 1 N–H and O–H groups in total. The maximum atomic E-state index is 13.0. The summed E-state index contributed by atoms with van der Waals surface area (Å²) in [5.74, 6) is -0.229. The summed E-state index contributed by atoms with van der Waals surface area (Å²) in [6, 6.07) is 10.4. The number of aromatic nitrogens is 2. The highest BCUT2D eigenvalue weighted by Crippen LogP contribution is 2.33. The molecule has 0 spiro atoms. The van der Waals surface area contributed by atoms with Gasteiger partial charge in [-0.1, -0.05) is 30.3 Å². The van der Waals surface area contributed by atoms with E-state index in [0.29, 0.717) is 18.5 Å². The maximum Gasteiger partial charge on any atom is 0.262 e. The minimum absolute atomic E-state index is 0.0508. The molecule has 3 heterocycles. The lowest BCUT2D eigenvalue weighted by Crippen LogP contribution is -2.48. The lowest BCUT2D eigenvalue weighted by Gasteiger charge is -2.34. The van der Waals surface area contributed by atoms with E-state index in [4.69, 9.17) is 0 Å².